The van der Waals surface area contributed by atoms with Crippen molar-refractivity contribution in [3.05, 3.63) is 58.1 Å². The van der Waals surface area contributed by atoms with Crippen LogP contribution in [0.3, 0.4) is 0 Å². The largest absolute Gasteiger partial charge is 0.444 e. The highest BCUT2D eigenvalue weighted by Crippen LogP contribution is 2.26. The minimum absolute atomic E-state index is 0.00242. The van der Waals surface area contributed by atoms with Crippen molar-refractivity contribution in [2.45, 2.75) is 78.1 Å². The lowest BCUT2D eigenvalue weighted by atomic mass is 9.86. The van der Waals surface area contributed by atoms with Crippen LogP contribution in [0.1, 0.15) is 68.2 Å². The van der Waals surface area contributed by atoms with Gasteiger partial charge in [0.05, 0.1) is 11.6 Å². The number of tetrazole rings is 1. The van der Waals surface area contributed by atoms with Gasteiger partial charge in [-0.25, -0.2) is 14.2 Å². The van der Waals surface area contributed by atoms with Gasteiger partial charge in [0.2, 0.25) is 5.82 Å². The lowest BCUT2D eigenvalue weighted by Gasteiger charge is -2.29. The van der Waals surface area contributed by atoms with Crippen LogP contribution in [0.5, 0.6) is 0 Å². The Hall–Kier alpha value is -3.60. The number of carbonyl (C=O) groups excluding carboxylic acids is 2. The fourth-order valence-electron chi connectivity index (χ4n) is 4.47. The first-order chi connectivity index (χ1) is 18.4. The van der Waals surface area contributed by atoms with Gasteiger partial charge in [-0.2, -0.15) is 4.80 Å². The van der Waals surface area contributed by atoms with E-state index in [-0.39, 0.29) is 35.3 Å². The van der Waals surface area contributed by atoms with Gasteiger partial charge in [0, 0.05) is 23.8 Å². The zero-order valence-electron chi connectivity index (χ0n) is 22.5. The molecular weight excluding hydrogens is 525 g/mol. The monoisotopic (exact) mass is 557 g/mol. The summed E-state index contributed by atoms with van der Waals surface area (Å²) in [6.07, 6.45) is 3.19. The number of nitrogens with one attached hydrogen (secondary N) is 2. The predicted octanol–water partition coefficient (Wildman–Crippen LogP) is 4.85. The average molecular weight is 558 g/mol. The number of hydrogen-bond donors (Lipinski definition) is 2. The molecule has 0 atom stereocenters. The molecule has 1 fully saturated rings. The number of halogens is 2. The van der Waals surface area contributed by atoms with Gasteiger partial charge in [-0.05, 0) is 94.3 Å². The summed E-state index contributed by atoms with van der Waals surface area (Å²) in [5, 5.41) is 18.7. The van der Waals surface area contributed by atoms with Crippen molar-refractivity contribution in [1.29, 1.82) is 0 Å². The molecule has 1 aliphatic rings. The molecule has 1 saturated carbocycles. The summed E-state index contributed by atoms with van der Waals surface area (Å²) in [7, 11) is 0. The van der Waals surface area contributed by atoms with Gasteiger partial charge < -0.3 is 15.4 Å². The van der Waals surface area contributed by atoms with Gasteiger partial charge in [-0.3, -0.25) is 4.79 Å². The van der Waals surface area contributed by atoms with Gasteiger partial charge in [-0.15, -0.1) is 10.2 Å². The number of ether oxygens (including phenoxy) is 1. The van der Waals surface area contributed by atoms with Crippen molar-refractivity contribution in [1.82, 2.24) is 35.8 Å². The molecule has 0 spiro atoms. The molecule has 2 heterocycles. The van der Waals surface area contributed by atoms with E-state index in [2.05, 4.69) is 31.0 Å². The summed E-state index contributed by atoms with van der Waals surface area (Å²) in [6.45, 7) is 8.11. The molecule has 12 heteroatoms. The van der Waals surface area contributed by atoms with E-state index in [0.717, 1.165) is 25.7 Å². The Labute approximate surface area is 231 Å². The van der Waals surface area contributed by atoms with Crippen molar-refractivity contribution in [2.75, 3.05) is 0 Å². The lowest BCUT2D eigenvalue weighted by Crippen LogP contribution is -2.41. The first kappa shape index (κ1) is 28.4. The van der Waals surface area contributed by atoms with Gasteiger partial charge in [-0.1, -0.05) is 17.7 Å². The van der Waals surface area contributed by atoms with Crippen molar-refractivity contribution >= 4 is 23.6 Å². The maximum Gasteiger partial charge on any atom is 0.407 e. The van der Waals surface area contributed by atoms with Gasteiger partial charge in [0.15, 0.2) is 0 Å². The normalized spacial score (nSPS) is 17.5. The average Bonchev–Trinajstić information content (AvgIpc) is 3.33. The number of carbonyl (C=O) groups is 2. The van der Waals surface area contributed by atoms with Crippen molar-refractivity contribution in [2.24, 2.45) is 5.92 Å². The van der Waals surface area contributed by atoms with Crippen LogP contribution in [0, 0.1) is 18.7 Å². The van der Waals surface area contributed by atoms with E-state index in [1.807, 2.05) is 20.8 Å². The fourth-order valence-corrected chi connectivity index (χ4v) is 4.67. The second-order valence-corrected chi connectivity index (χ2v) is 11.3. The fraction of sp³-hybridized carbons (Fsp3) is 0.481. The van der Waals surface area contributed by atoms with E-state index in [1.165, 1.54) is 12.1 Å². The maximum atomic E-state index is 13.4. The van der Waals surface area contributed by atoms with Crippen LogP contribution >= 0.6 is 11.6 Å². The number of aryl methyl sites for hydroxylation is 1. The van der Waals surface area contributed by atoms with E-state index in [9.17, 15) is 14.0 Å². The Balaban J connectivity index is 1.32. The third kappa shape index (κ3) is 8.19. The lowest BCUT2D eigenvalue weighted by molar-refractivity contribution is 0.0485. The molecule has 1 aliphatic carbocycles. The Morgan fingerprint density at radius 2 is 1.90 bits per heavy atom. The minimum atomic E-state index is -0.519. The molecule has 39 heavy (non-hydrogen) atoms. The van der Waals surface area contributed by atoms with Crippen molar-refractivity contribution in [3.63, 3.8) is 0 Å². The topological polar surface area (TPSA) is 124 Å². The highest BCUT2D eigenvalue weighted by atomic mass is 35.5. The Bertz CT molecular complexity index is 1330. The number of amides is 2. The molecule has 0 bridgehead atoms. The number of rotatable bonds is 7. The van der Waals surface area contributed by atoms with Crippen molar-refractivity contribution in [3.8, 4) is 11.4 Å². The van der Waals surface area contributed by atoms with Crippen LogP contribution < -0.4 is 10.6 Å². The molecule has 1 aromatic carbocycles. The quantitative estimate of drug-likeness (QED) is 0.425. The van der Waals surface area contributed by atoms with Crippen LogP contribution in [0.4, 0.5) is 9.18 Å². The molecule has 2 aromatic heterocycles. The Morgan fingerprint density at radius 3 is 2.59 bits per heavy atom. The third-order valence-electron chi connectivity index (χ3n) is 6.32. The van der Waals surface area contributed by atoms with Crippen molar-refractivity contribution < 1.29 is 18.7 Å². The number of hydrogen-bond acceptors (Lipinski definition) is 7. The summed E-state index contributed by atoms with van der Waals surface area (Å²) in [4.78, 5) is 30.7. The zero-order valence-corrected chi connectivity index (χ0v) is 23.3. The van der Waals surface area contributed by atoms with E-state index >= 15 is 0 Å². The second kappa shape index (κ2) is 12.1. The minimum Gasteiger partial charge on any atom is -0.444 e. The number of aromatic nitrogens is 5. The van der Waals surface area contributed by atoms with Gasteiger partial charge in [0.1, 0.15) is 17.1 Å². The van der Waals surface area contributed by atoms with E-state index in [1.54, 1.807) is 29.9 Å². The predicted molar refractivity (Wildman–Crippen MR) is 143 cm³/mol. The molecule has 2 amide bonds. The van der Waals surface area contributed by atoms with Gasteiger partial charge in [0.25, 0.3) is 5.91 Å². The van der Waals surface area contributed by atoms with E-state index < -0.39 is 11.4 Å². The molecule has 0 aliphatic heterocycles. The Kier molecular flexibility index (Phi) is 8.79. The highest BCUT2D eigenvalue weighted by Gasteiger charge is 2.25. The second-order valence-electron chi connectivity index (χ2n) is 10.8. The number of pyridine rings is 1. The van der Waals surface area contributed by atoms with E-state index in [4.69, 9.17) is 16.3 Å². The summed E-state index contributed by atoms with van der Waals surface area (Å²) in [5.74, 6) is -0.130. The molecule has 208 valence electrons. The molecule has 4 rings (SSSR count). The molecule has 10 nitrogen and oxygen atoms in total. The van der Waals surface area contributed by atoms with E-state index in [0.29, 0.717) is 35.1 Å². The number of alkyl carbamates (subject to hydrolysis) is 1. The smallest absolute Gasteiger partial charge is 0.407 e. The molecule has 2 N–H and O–H groups in total. The molecule has 0 unspecified atom stereocenters. The van der Waals surface area contributed by atoms with Gasteiger partial charge >= 0.3 is 6.09 Å². The molecule has 3 aromatic rings. The van der Waals surface area contributed by atoms with Crippen LogP contribution in [0.2, 0.25) is 5.02 Å². The number of nitrogens with zero attached hydrogens (tertiary/aromatic N) is 5. The number of benzene rings is 1. The molecule has 0 saturated heterocycles. The molecule has 0 radical (unpaired) electrons. The zero-order chi connectivity index (χ0) is 28.2. The molecular formula is C27H33ClFN7O3. The maximum absolute atomic E-state index is 13.4. The summed E-state index contributed by atoms with van der Waals surface area (Å²) >= 11 is 5.82. The Morgan fingerprint density at radius 1 is 1.15 bits per heavy atom. The van der Waals surface area contributed by atoms with Crippen LogP contribution in [0.25, 0.3) is 11.4 Å². The summed E-state index contributed by atoms with van der Waals surface area (Å²) in [5.41, 5.74) is 1.63. The third-order valence-corrected chi connectivity index (χ3v) is 6.61. The van der Waals surface area contributed by atoms with Crippen LogP contribution in [-0.4, -0.2) is 48.8 Å². The summed E-state index contributed by atoms with van der Waals surface area (Å²) < 4.78 is 18.7. The summed E-state index contributed by atoms with van der Waals surface area (Å²) in [6, 6.07) is 7.80. The SMILES string of the molecule is Cc1cc(-c2nnn(C[C@H]3CC[C@H](NC(=O)OC(C)(C)C)CC3)n2)cc(C(=O)NCc2ccc(F)c(Cl)c2)n1. The standard InChI is InChI=1S/C27H33ClFN7O3/c1-16-11-19(13-23(31-16)25(37)30-14-18-7-10-22(29)21(28)12-18)24-33-35-36(34-24)15-17-5-8-20(9-6-17)32-26(38)39-27(2,3)4/h7,10-13,17,20H,5-6,8-9,14-15H2,1-4H3,(H,30,37)(H,32,38)/t17-,20-. The first-order valence-electron chi connectivity index (χ1n) is 12.9. The first-order valence-corrected chi connectivity index (χ1v) is 13.3. The highest BCUT2D eigenvalue weighted by molar-refractivity contribution is 6.30. The van der Waals surface area contributed by atoms with Crippen LogP contribution in [-0.2, 0) is 17.8 Å². The van der Waals surface area contributed by atoms with Crippen LogP contribution in [0.15, 0.2) is 30.3 Å².